The van der Waals surface area contributed by atoms with Crippen LogP contribution in [0.5, 0.6) is 0 Å². The van der Waals surface area contributed by atoms with Gasteiger partial charge >= 0.3 is 0 Å². The van der Waals surface area contributed by atoms with Crippen LogP contribution in [0.15, 0.2) is 66.9 Å². The molecule has 2 aromatic carbocycles. The molecular formula is C18H16NO+. The van der Waals surface area contributed by atoms with Gasteiger partial charge in [-0.3, -0.25) is 4.79 Å². The molecule has 0 saturated heterocycles. The molecule has 1 heterocycles. The van der Waals surface area contributed by atoms with Gasteiger partial charge in [0.25, 0.3) is 0 Å². The molecule has 1 aromatic heterocycles. The Morgan fingerprint density at radius 2 is 1.70 bits per heavy atom. The Kier molecular flexibility index (Phi) is 3.30. The fraction of sp³-hybridized carbons (Fsp3) is 0.111. The predicted molar refractivity (Wildman–Crippen MR) is 79.7 cm³/mol. The van der Waals surface area contributed by atoms with Gasteiger partial charge in [0.2, 0.25) is 12.3 Å². The molecule has 0 saturated carbocycles. The average molecular weight is 262 g/mol. The number of aryl methyl sites for hydroxylation is 1. The van der Waals surface area contributed by atoms with E-state index in [0.717, 1.165) is 22.0 Å². The number of Topliss-reactive ketones (excluding diaryl/α,β-unsaturated/α-hetero) is 1. The number of nitrogens with zero attached hydrogens (tertiary/aromatic N) is 1. The Morgan fingerprint density at radius 3 is 2.55 bits per heavy atom. The molecule has 0 fully saturated rings. The van der Waals surface area contributed by atoms with Crippen LogP contribution in [0.1, 0.15) is 16.1 Å². The third kappa shape index (κ3) is 2.32. The Morgan fingerprint density at radius 1 is 0.950 bits per heavy atom. The standard InChI is InChI=1S/C18H16NO/c1-14-7-4-5-12-19(14)13-18(20)17-11-6-9-15-8-2-3-10-16(15)17/h2-12H,13H2,1H3/q+1. The molecule has 0 aliphatic carbocycles. The van der Waals surface area contributed by atoms with E-state index in [2.05, 4.69) is 0 Å². The molecule has 98 valence electrons. The van der Waals surface area contributed by atoms with E-state index in [0.29, 0.717) is 6.54 Å². The Balaban J connectivity index is 1.99. The Bertz CT molecular complexity index is 772. The van der Waals surface area contributed by atoms with E-state index in [1.54, 1.807) is 0 Å². The fourth-order valence-electron chi connectivity index (χ4n) is 2.45. The molecule has 0 aliphatic rings. The van der Waals surface area contributed by atoms with E-state index >= 15 is 0 Å². The number of rotatable bonds is 3. The van der Waals surface area contributed by atoms with Crippen LogP contribution in [-0.2, 0) is 6.54 Å². The highest BCUT2D eigenvalue weighted by Crippen LogP contribution is 2.18. The van der Waals surface area contributed by atoms with Gasteiger partial charge in [-0.05, 0) is 10.8 Å². The third-order valence-corrected chi connectivity index (χ3v) is 3.57. The van der Waals surface area contributed by atoms with Crippen LogP contribution < -0.4 is 4.57 Å². The van der Waals surface area contributed by atoms with Gasteiger partial charge in [0, 0.05) is 24.6 Å². The highest BCUT2D eigenvalue weighted by molar-refractivity contribution is 6.07. The summed E-state index contributed by atoms with van der Waals surface area (Å²) in [4.78, 5) is 12.6. The summed E-state index contributed by atoms with van der Waals surface area (Å²) >= 11 is 0. The smallest absolute Gasteiger partial charge is 0.228 e. The summed E-state index contributed by atoms with van der Waals surface area (Å²) in [6.45, 7) is 2.39. The maximum Gasteiger partial charge on any atom is 0.228 e. The molecule has 0 atom stereocenters. The topological polar surface area (TPSA) is 20.9 Å². The summed E-state index contributed by atoms with van der Waals surface area (Å²) in [6.07, 6.45) is 1.94. The molecule has 20 heavy (non-hydrogen) atoms. The summed E-state index contributed by atoms with van der Waals surface area (Å²) in [6, 6.07) is 19.8. The van der Waals surface area contributed by atoms with Gasteiger partial charge in [0.1, 0.15) is 0 Å². The molecule has 0 bridgehead atoms. The minimum atomic E-state index is 0.140. The minimum absolute atomic E-state index is 0.140. The normalized spacial score (nSPS) is 10.7. The SMILES string of the molecule is Cc1cccc[n+]1CC(=O)c1cccc2ccccc12. The first kappa shape index (κ1) is 12.5. The van der Waals surface area contributed by atoms with Gasteiger partial charge in [0.05, 0.1) is 0 Å². The second kappa shape index (κ2) is 5.25. The molecule has 3 rings (SSSR count). The lowest BCUT2D eigenvalue weighted by atomic mass is 10.0. The molecule has 0 N–H and O–H groups in total. The number of hydrogen-bond acceptors (Lipinski definition) is 1. The van der Waals surface area contributed by atoms with E-state index in [1.807, 2.05) is 78.4 Å². The highest BCUT2D eigenvalue weighted by atomic mass is 16.1. The van der Waals surface area contributed by atoms with Crippen LogP contribution >= 0.6 is 0 Å². The number of aromatic nitrogens is 1. The summed E-state index contributed by atoms with van der Waals surface area (Å²) in [5.41, 5.74) is 1.87. The number of carbonyl (C=O) groups excluding carboxylic acids is 1. The molecule has 0 amide bonds. The number of benzene rings is 2. The first-order valence-electron chi connectivity index (χ1n) is 6.72. The zero-order valence-electron chi connectivity index (χ0n) is 11.4. The molecule has 2 heteroatoms. The van der Waals surface area contributed by atoms with E-state index < -0.39 is 0 Å². The van der Waals surface area contributed by atoms with Gasteiger partial charge in [-0.25, -0.2) is 0 Å². The summed E-state index contributed by atoms with van der Waals surface area (Å²) in [5.74, 6) is 0.140. The van der Waals surface area contributed by atoms with Crippen LogP contribution in [-0.4, -0.2) is 5.78 Å². The van der Waals surface area contributed by atoms with Crippen molar-refractivity contribution >= 4 is 16.6 Å². The van der Waals surface area contributed by atoms with E-state index in [4.69, 9.17) is 0 Å². The highest BCUT2D eigenvalue weighted by Gasteiger charge is 2.15. The van der Waals surface area contributed by atoms with Crippen molar-refractivity contribution in [1.82, 2.24) is 0 Å². The van der Waals surface area contributed by atoms with Crippen LogP contribution in [0.2, 0.25) is 0 Å². The lowest BCUT2D eigenvalue weighted by Crippen LogP contribution is -2.40. The summed E-state index contributed by atoms with van der Waals surface area (Å²) < 4.78 is 1.98. The number of carbonyl (C=O) groups is 1. The summed E-state index contributed by atoms with van der Waals surface area (Å²) in [7, 11) is 0. The van der Waals surface area contributed by atoms with Gasteiger partial charge < -0.3 is 0 Å². The van der Waals surface area contributed by atoms with Crippen LogP contribution in [0.4, 0.5) is 0 Å². The van der Waals surface area contributed by atoms with Crippen LogP contribution in [0, 0.1) is 6.92 Å². The van der Waals surface area contributed by atoms with Crippen molar-refractivity contribution < 1.29 is 9.36 Å². The van der Waals surface area contributed by atoms with Crippen molar-refractivity contribution in [2.75, 3.05) is 0 Å². The number of hydrogen-bond donors (Lipinski definition) is 0. The Hall–Kier alpha value is -2.48. The third-order valence-electron chi connectivity index (χ3n) is 3.57. The number of pyridine rings is 1. The monoisotopic (exact) mass is 262 g/mol. The van der Waals surface area contributed by atoms with E-state index in [9.17, 15) is 4.79 Å². The molecule has 2 nitrogen and oxygen atoms in total. The van der Waals surface area contributed by atoms with Crippen LogP contribution in [0.25, 0.3) is 10.8 Å². The lowest BCUT2D eigenvalue weighted by Gasteiger charge is -2.04. The molecule has 0 unspecified atom stereocenters. The maximum atomic E-state index is 12.6. The molecule has 3 aromatic rings. The van der Waals surface area contributed by atoms with E-state index in [1.165, 1.54) is 0 Å². The quantitative estimate of drug-likeness (QED) is 0.524. The van der Waals surface area contributed by atoms with Gasteiger partial charge in [-0.2, -0.15) is 4.57 Å². The number of ketones is 1. The molecular weight excluding hydrogens is 246 g/mol. The van der Waals surface area contributed by atoms with Gasteiger partial charge in [-0.15, -0.1) is 0 Å². The first-order valence-corrected chi connectivity index (χ1v) is 6.72. The second-order valence-electron chi connectivity index (χ2n) is 4.92. The van der Waals surface area contributed by atoms with Crippen molar-refractivity contribution in [1.29, 1.82) is 0 Å². The zero-order chi connectivity index (χ0) is 13.9. The van der Waals surface area contributed by atoms with Crippen molar-refractivity contribution in [2.45, 2.75) is 13.5 Å². The van der Waals surface area contributed by atoms with Crippen molar-refractivity contribution in [3.05, 3.63) is 78.1 Å². The predicted octanol–water partition coefficient (Wildman–Crippen LogP) is 3.32. The van der Waals surface area contributed by atoms with Gasteiger partial charge in [0.15, 0.2) is 11.9 Å². The lowest BCUT2D eigenvalue weighted by molar-refractivity contribution is -0.689. The van der Waals surface area contributed by atoms with Crippen molar-refractivity contribution in [3.63, 3.8) is 0 Å². The summed E-state index contributed by atoms with van der Waals surface area (Å²) in [5, 5.41) is 2.13. The first-order chi connectivity index (χ1) is 9.75. The number of fused-ring (bicyclic) bond motifs is 1. The largest absolute Gasteiger partial charge is 0.287 e. The average Bonchev–Trinajstić information content (AvgIpc) is 2.49. The Labute approximate surface area is 118 Å². The van der Waals surface area contributed by atoms with Crippen LogP contribution in [0.3, 0.4) is 0 Å². The maximum absolute atomic E-state index is 12.6. The van der Waals surface area contributed by atoms with E-state index in [-0.39, 0.29) is 5.78 Å². The molecule has 0 aliphatic heterocycles. The fourth-order valence-corrected chi connectivity index (χ4v) is 2.45. The minimum Gasteiger partial charge on any atom is -0.287 e. The molecule has 0 spiro atoms. The van der Waals surface area contributed by atoms with Gasteiger partial charge in [-0.1, -0.05) is 48.5 Å². The second-order valence-corrected chi connectivity index (χ2v) is 4.92. The zero-order valence-corrected chi connectivity index (χ0v) is 11.4. The van der Waals surface area contributed by atoms with Crippen molar-refractivity contribution in [2.24, 2.45) is 0 Å². The van der Waals surface area contributed by atoms with Crippen molar-refractivity contribution in [3.8, 4) is 0 Å². The molecule has 0 radical (unpaired) electrons.